The smallest absolute Gasteiger partial charge is 0.303 e. The molecule has 0 heterocycles. The predicted octanol–water partition coefficient (Wildman–Crippen LogP) is 3.25. The van der Waals surface area contributed by atoms with Gasteiger partial charge < -0.3 is 16.6 Å². The van der Waals surface area contributed by atoms with Crippen LogP contribution in [0.5, 0.6) is 0 Å². The minimum absolute atomic E-state index is 0.0852. The van der Waals surface area contributed by atoms with E-state index in [-0.39, 0.29) is 29.4 Å². The lowest BCUT2D eigenvalue weighted by Gasteiger charge is -2.16. The van der Waals surface area contributed by atoms with Gasteiger partial charge in [0.15, 0.2) is 15.8 Å². The molecule has 0 aliphatic rings. The third-order valence-corrected chi connectivity index (χ3v) is 6.38. The quantitative estimate of drug-likeness (QED) is 0.366. The molecule has 0 fully saturated rings. The van der Waals surface area contributed by atoms with E-state index in [9.17, 15) is 13.2 Å². The standard InChI is InChI=1S/C23H23N3O4S/c24-23(25)26-18-9-5-10-19(14-18)31(29,30)15-21-17(12-13-22(27)28)8-4-11-20(21)16-6-2-1-3-7-16/h1-11,14H,12-13,15H2,(H,27,28)(H4,24,25,26). The number of hydrogen-bond acceptors (Lipinski definition) is 4. The summed E-state index contributed by atoms with van der Waals surface area (Å²) in [7, 11) is -3.76. The maximum atomic E-state index is 13.3. The molecule has 0 bridgehead atoms. The fraction of sp³-hybridized carbons (Fsp3) is 0.130. The Kier molecular flexibility index (Phi) is 6.71. The van der Waals surface area contributed by atoms with Gasteiger partial charge in [-0.15, -0.1) is 0 Å². The summed E-state index contributed by atoms with van der Waals surface area (Å²) in [6.45, 7) is 0. The SMILES string of the molecule is NC(N)=Nc1cccc(S(=O)(=O)Cc2c(CCC(=O)O)cccc2-c2ccccc2)c1. The summed E-state index contributed by atoms with van der Waals surface area (Å²) in [6, 6.07) is 20.9. The fourth-order valence-corrected chi connectivity index (χ4v) is 4.81. The fourth-order valence-electron chi connectivity index (χ4n) is 3.34. The average Bonchev–Trinajstić information content (AvgIpc) is 2.73. The molecule has 3 rings (SSSR count). The van der Waals surface area contributed by atoms with Crippen molar-refractivity contribution in [3.05, 3.63) is 83.9 Å². The van der Waals surface area contributed by atoms with E-state index >= 15 is 0 Å². The van der Waals surface area contributed by atoms with Crippen LogP contribution in [0.3, 0.4) is 0 Å². The summed E-state index contributed by atoms with van der Waals surface area (Å²) >= 11 is 0. The molecule has 0 saturated heterocycles. The third-order valence-electron chi connectivity index (χ3n) is 4.74. The van der Waals surface area contributed by atoms with Crippen LogP contribution in [-0.2, 0) is 26.8 Å². The number of carboxylic acid groups (broad SMARTS) is 1. The molecule has 8 heteroatoms. The van der Waals surface area contributed by atoms with E-state index < -0.39 is 15.8 Å². The largest absolute Gasteiger partial charge is 0.481 e. The number of rotatable bonds is 8. The van der Waals surface area contributed by atoms with Crippen LogP contribution in [0.25, 0.3) is 11.1 Å². The van der Waals surface area contributed by atoms with E-state index in [1.54, 1.807) is 18.2 Å². The molecule has 0 amide bonds. The van der Waals surface area contributed by atoms with Crippen LogP contribution in [-0.4, -0.2) is 25.5 Å². The molecule has 0 radical (unpaired) electrons. The second-order valence-electron chi connectivity index (χ2n) is 7.00. The number of hydrogen-bond donors (Lipinski definition) is 3. The number of nitrogens with zero attached hydrogens (tertiary/aromatic N) is 1. The Morgan fingerprint density at radius 3 is 2.32 bits per heavy atom. The first-order valence-electron chi connectivity index (χ1n) is 9.57. The predicted molar refractivity (Wildman–Crippen MR) is 121 cm³/mol. The summed E-state index contributed by atoms with van der Waals surface area (Å²) in [5.74, 6) is -1.39. The molecule has 3 aromatic rings. The Morgan fingerprint density at radius 2 is 1.65 bits per heavy atom. The lowest BCUT2D eigenvalue weighted by molar-refractivity contribution is -0.136. The molecular weight excluding hydrogens is 414 g/mol. The lowest BCUT2D eigenvalue weighted by atomic mass is 9.94. The van der Waals surface area contributed by atoms with Crippen molar-refractivity contribution >= 4 is 27.5 Å². The van der Waals surface area contributed by atoms with Crippen molar-refractivity contribution in [2.24, 2.45) is 16.5 Å². The third kappa shape index (κ3) is 5.70. The number of aliphatic carboxylic acids is 1. The number of benzene rings is 3. The molecule has 0 aliphatic heterocycles. The number of nitrogens with two attached hydrogens (primary N) is 2. The maximum Gasteiger partial charge on any atom is 0.303 e. The number of sulfone groups is 1. The van der Waals surface area contributed by atoms with Crippen molar-refractivity contribution in [3.63, 3.8) is 0 Å². The lowest BCUT2D eigenvalue weighted by Crippen LogP contribution is -2.21. The Balaban J connectivity index is 2.08. The Bertz CT molecular complexity index is 1220. The van der Waals surface area contributed by atoms with Gasteiger partial charge in [-0.25, -0.2) is 13.4 Å². The van der Waals surface area contributed by atoms with E-state index in [1.165, 1.54) is 12.1 Å². The van der Waals surface area contributed by atoms with Crippen molar-refractivity contribution in [2.45, 2.75) is 23.5 Å². The van der Waals surface area contributed by atoms with Crippen LogP contribution in [0.1, 0.15) is 17.5 Å². The minimum atomic E-state index is -3.76. The number of aryl methyl sites for hydroxylation is 1. The molecule has 5 N–H and O–H groups in total. The Hall–Kier alpha value is -3.65. The number of aliphatic imine (C=N–C) groups is 1. The molecule has 0 atom stereocenters. The Labute approximate surface area is 181 Å². The zero-order valence-electron chi connectivity index (χ0n) is 16.7. The van der Waals surface area contributed by atoms with E-state index in [1.807, 2.05) is 42.5 Å². The van der Waals surface area contributed by atoms with Gasteiger partial charge in [0.25, 0.3) is 0 Å². The molecule has 0 spiro atoms. The van der Waals surface area contributed by atoms with Gasteiger partial charge in [-0.2, -0.15) is 0 Å². The summed E-state index contributed by atoms with van der Waals surface area (Å²) < 4.78 is 26.6. The molecule has 31 heavy (non-hydrogen) atoms. The van der Waals surface area contributed by atoms with Crippen LogP contribution in [0, 0.1) is 0 Å². The topological polar surface area (TPSA) is 136 Å². The molecule has 0 aliphatic carbocycles. The summed E-state index contributed by atoms with van der Waals surface area (Å²) in [4.78, 5) is 15.1. The van der Waals surface area contributed by atoms with Crippen LogP contribution >= 0.6 is 0 Å². The highest BCUT2D eigenvalue weighted by Crippen LogP contribution is 2.31. The molecular formula is C23H23N3O4S. The molecule has 0 aromatic heterocycles. The van der Waals surface area contributed by atoms with Crippen molar-refractivity contribution in [2.75, 3.05) is 0 Å². The zero-order chi connectivity index (χ0) is 22.4. The monoisotopic (exact) mass is 437 g/mol. The van der Waals surface area contributed by atoms with Crippen LogP contribution in [0.4, 0.5) is 5.69 Å². The first kappa shape index (κ1) is 22.0. The summed E-state index contributed by atoms with van der Waals surface area (Å²) in [6.07, 6.45) is 0.139. The van der Waals surface area contributed by atoms with E-state index in [2.05, 4.69) is 4.99 Å². The van der Waals surface area contributed by atoms with Gasteiger partial charge in [-0.1, -0.05) is 54.6 Å². The normalized spacial score (nSPS) is 11.1. The summed E-state index contributed by atoms with van der Waals surface area (Å²) in [5, 5.41) is 9.11. The highest BCUT2D eigenvalue weighted by Gasteiger charge is 2.21. The van der Waals surface area contributed by atoms with Crippen molar-refractivity contribution in [1.82, 2.24) is 0 Å². The van der Waals surface area contributed by atoms with Crippen LogP contribution < -0.4 is 11.5 Å². The van der Waals surface area contributed by atoms with E-state index in [4.69, 9.17) is 16.6 Å². The average molecular weight is 438 g/mol. The van der Waals surface area contributed by atoms with Gasteiger partial charge in [0.05, 0.1) is 16.3 Å². The van der Waals surface area contributed by atoms with Gasteiger partial charge in [0.1, 0.15) is 0 Å². The van der Waals surface area contributed by atoms with E-state index in [0.29, 0.717) is 16.8 Å². The van der Waals surface area contributed by atoms with Gasteiger partial charge >= 0.3 is 5.97 Å². The van der Waals surface area contributed by atoms with Crippen molar-refractivity contribution < 1.29 is 18.3 Å². The molecule has 160 valence electrons. The molecule has 3 aromatic carbocycles. The first-order valence-corrected chi connectivity index (χ1v) is 11.2. The van der Waals surface area contributed by atoms with Gasteiger partial charge in [0.2, 0.25) is 0 Å². The minimum Gasteiger partial charge on any atom is -0.481 e. The zero-order valence-corrected chi connectivity index (χ0v) is 17.5. The second-order valence-corrected chi connectivity index (χ2v) is 8.99. The molecule has 0 saturated carbocycles. The van der Waals surface area contributed by atoms with Gasteiger partial charge in [0, 0.05) is 6.42 Å². The number of carboxylic acids is 1. The molecule has 7 nitrogen and oxygen atoms in total. The first-order chi connectivity index (χ1) is 14.8. The van der Waals surface area contributed by atoms with Gasteiger partial charge in [-0.05, 0) is 46.9 Å². The molecule has 0 unspecified atom stereocenters. The highest BCUT2D eigenvalue weighted by molar-refractivity contribution is 7.90. The van der Waals surface area contributed by atoms with Crippen LogP contribution in [0.15, 0.2) is 82.7 Å². The van der Waals surface area contributed by atoms with Crippen molar-refractivity contribution in [3.8, 4) is 11.1 Å². The van der Waals surface area contributed by atoms with Crippen molar-refractivity contribution in [1.29, 1.82) is 0 Å². The second kappa shape index (κ2) is 9.44. The number of carbonyl (C=O) groups is 1. The maximum absolute atomic E-state index is 13.3. The van der Waals surface area contributed by atoms with E-state index in [0.717, 1.165) is 11.1 Å². The van der Waals surface area contributed by atoms with Crippen LogP contribution in [0.2, 0.25) is 0 Å². The summed E-state index contributed by atoms with van der Waals surface area (Å²) in [5.41, 5.74) is 14.0. The Morgan fingerprint density at radius 1 is 0.935 bits per heavy atom. The van der Waals surface area contributed by atoms with Gasteiger partial charge in [-0.3, -0.25) is 4.79 Å². The number of guanidine groups is 1. The highest BCUT2D eigenvalue weighted by atomic mass is 32.2.